The van der Waals surface area contributed by atoms with E-state index in [0.29, 0.717) is 26.3 Å². The number of carbonyl (C=O) groups excluding carboxylic acids is 2. The van der Waals surface area contributed by atoms with Crippen LogP contribution in [0.4, 0.5) is 5.69 Å². The summed E-state index contributed by atoms with van der Waals surface area (Å²) in [4.78, 5) is 23.7. The molecule has 0 aliphatic heterocycles. The second kappa shape index (κ2) is 7.49. The van der Waals surface area contributed by atoms with Crippen LogP contribution in [-0.2, 0) is 4.79 Å². The Hall–Kier alpha value is -1.75. The zero-order valence-corrected chi connectivity index (χ0v) is 13.5. The molecule has 0 heterocycles. The molecule has 2 N–H and O–H groups in total. The Morgan fingerprint density at radius 2 is 1.55 bits per heavy atom. The number of nitrogens with one attached hydrogen (secondary N) is 2. The third kappa shape index (κ3) is 4.63. The molecule has 0 atom stereocenters. The zero-order valence-electron chi connectivity index (χ0n) is 11.2. The fourth-order valence-electron chi connectivity index (χ4n) is 1.65. The van der Waals surface area contributed by atoms with Gasteiger partial charge in [-0.3, -0.25) is 9.59 Å². The number of hydrogen-bond donors (Lipinski definition) is 2. The molecule has 2 amide bonds. The molecular formula is C15H11Cl3N2O2. The molecule has 2 aromatic rings. The summed E-state index contributed by atoms with van der Waals surface area (Å²) in [6, 6.07) is 11.1. The largest absolute Gasteiger partial charge is 0.343 e. The van der Waals surface area contributed by atoms with Crippen LogP contribution in [0.5, 0.6) is 0 Å². The molecule has 0 aliphatic rings. The van der Waals surface area contributed by atoms with Crippen molar-refractivity contribution in [2.75, 3.05) is 11.9 Å². The molecule has 2 aromatic carbocycles. The predicted octanol–water partition coefficient (Wildman–Crippen LogP) is 4.02. The molecule has 0 aromatic heterocycles. The van der Waals surface area contributed by atoms with Gasteiger partial charge in [0.05, 0.1) is 17.3 Å². The van der Waals surface area contributed by atoms with Crippen molar-refractivity contribution in [3.8, 4) is 0 Å². The van der Waals surface area contributed by atoms with Crippen LogP contribution in [0.3, 0.4) is 0 Å². The van der Waals surface area contributed by atoms with Crippen molar-refractivity contribution in [2.24, 2.45) is 0 Å². The van der Waals surface area contributed by atoms with E-state index in [1.54, 1.807) is 36.4 Å². The minimum atomic E-state index is -0.411. The van der Waals surface area contributed by atoms with Crippen molar-refractivity contribution in [1.29, 1.82) is 0 Å². The standard InChI is InChI=1S/C15H11Cl3N2O2/c16-10-3-1-9(2-4-10)15(22)19-8-14(21)20-13-7-11(17)5-6-12(13)18/h1-7H,8H2,(H,19,22)(H,20,21). The van der Waals surface area contributed by atoms with Crippen LogP contribution in [-0.4, -0.2) is 18.4 Å². The van der Waals surface area contributed by atoms with Crippen molar-refractivity contribution in [3.63, 3.8) is 0 Å². The van der Waals surface area contributed by atoms with Crippen LogP contribution in [0.2, 0.25) is 15.1 Å². The molecule has 0 radical (unpaired) electrons. The summed E-state index contributed by atoms with van der Waals surface area (Å²) in [5, 5.41) is 6.42. The smallest absolute Gasteiger partial charge is 0.251 e. The van der Waals surface area contributed by atoms with Crippen molar-refractivity contribution in [1.82, 2.24) is 5.32 Å². The summed E-state index contributed by atoms with van der Waals surface area (Å²) in [7, 11) is 0. The highest BCUT2D eigenvalue weighted by atomic mass is 35.5. The van der Waals surface area contributed by atoms with Crippen molar-refractivity contribution < 1.29 is 9.59 Å². The Morgan fingerprint density at radius 1 is 0.909 bits per heavy atom. The highest BCUT2D eigenvalue weighted by Crippen LogP contribution is 2.25. The first-order chi connectivity index (χ1) is 10.5. The normalized spacial score (nSPS) is 10.1. The summed E-state index contributed by atoms with van der Waals surface area (Å²) in [6.07, 6.45) is 0. The molecule has 0 saturated carbocycles. The lowest BCUT2D eigenvalue weighted by Gasteiger charge is -2.09. The molecule has 0 aliphatic carbocycles. The van der Waals surface area contributed by atoms with Crippen LogP contribution in [0, 0.1) is 0 Å². The molecule has 22 heavy (non-hydrogen) atoms. The molecule has 0 fully saturated rings. The Kier molecular flexibility index (Phi) is 5.66. The van der Waals surface area contributed by atoms with E-state index in [9.17, 15) is 9.59 Å². The van der Waals surface area contributed by atoms with Crippen LogP contribution < -0.4 is 10.6 Å². The summed E-state index contributed by atoms with van der Waals surface area (Å²) in [5.74, 6) is -0.782. The predicted molar refractivity (Wildman–Crippen MR) is 88.9 cm³/mol. The minimum absolute atomic E-state index is 0.190. The average Bonchev–Trinajstić information content (AvgIpc) is 2.49. The number of halogens is 3. The number of amides is 2. The van der Waals surface area contributed by atoms with E-state index >= 15 is 0 Å². The van der Waals surface area contributed by atoms with E-state index in [1.807, 2.05) is 0 Å². The van der Waals surface area contributed by atoms with Crippen molar-refractivity contribution >= 4 is 52.3 Å². The number of anilines is 1. The Labute approximate surface area is 142 Å². The number of carbonyl (C=O) groups is 2. The first-order valence-corrected chi connectivity index (χ1v) is 7.38. The quantitative estimate of drug-likeness (QED) is 0.868. The first kappa shape index (κ1) is 16.6. The lowest BCUT2D eigenvalue weighted by Crippen LogP contribution is -2.32. The van der Waals surface area contributed by atoms with Gasteiger partial charge in [-0.15, -0.1) is 0 Å². The summed E-state index contributed by atoms with van der Waals surface area (Å²) in [5.41, 5.74) is 0.804. The van der Waals surface area contributed by atoms with Gasteiger partial charge in [0.25, 0.3) is 5.91 Å². The Balaban J connectivity index is 1.91. The molecule has 2 rings (SSSR count). The Morgan fingerprint density at radius 3 is 2.23 bits per heavy atom. The SMILES string of the molecule is O=C(CNC(=O)c1ccc(Cl)cc1)Nc1cc(Cl)ccc1Cl. The lowest BCUT2D eigenvalue weighted by molar-refractivity contribution is -0.115. The average molecular weight is 358 g/mol. The van der Waals surface area contributed by atoms with Crippen LogP contribution in [0.25, 0.3) is 0 Å². The maximum absolute atomic E-state index is 11.9. The van der Waals surface area contributed by atoms with Gasteiger partial charge < -0.3 is 10.6 Å². The minimum Gasteiger partial charge on any atom is -0.343 e. The van der Waals surface area contributed by atoms with Gasteiger partial charge in [-0.25, -0.2) is 0 Å². The van der Waals surface area contributed by atoms with Gasteiger partial charge in [0.1, 0.15) is 0 Å². The van der Waals surface area contributed by atoms with Gasteiger partial charge >= 0.3 is 0 Å². The highest BCUT2D eigenvalue weighted by molar-refractivity contribution is 6.35. The summed E-state index contributed by atoms with van der Waals surface area (Å²) in [6.45, 7) is -0.190. The maximum Gasteiger partial charge on any atom is 0.251 e. The molecule has 0 bridgehead atoms. The fraction of sp³-hybridized carbons (Fsp3) is 0.0667. The maximum atomic E-state index is 11.9. The fourth-order valence-corrected chi connectivity index (χ4v) is 2.11. The van der Waals surface area contributed by atoms with Crippen LogP contribution in [0.1, 0.15) is 10.4 Å². The second-order valence-electron chi connectivity index (χ2n) is 4.36. The van der Waals surface area contributed by atoms with Gasteiger partial charge in [0.15, 0.2) is 0 Å². The monoisotopic (exact) mass is 356 g/mol. The Bertz CT molecular complexity index is 702. The second-order valence-corrected chi connectivity index (χ2v) is 5.64. The van der Waals surface area contributed by atoms with Gasteiger partial charge in [-0.2, -0.15) is 0 Å². The number of rotatable bonds is 4. The highest BCUT2D eigenvalue weighted by Gasteiger charge is 2.10. The molecular weight excluding hydrogens is 347 g/mol. The van der Waals surface area contributed by atoms with E-state index in [-0.39, 0.29) is 12.5 Å². The van der Waals surface area contributed by atoms with E-state index < -0.39 is 5.91 Å². The van der Waals surface area contributed by atoms with Crippen LogP contribution in [0.15, 0.2) is 42.5 Å². The van der Waals surface area contributed by atoms with Crippen molar-refractivity contribution in [2.45, 2.75) is 0 Å². The molecule has 0 unspecified atom stereocenters. The van der Waals surface area contributed by atoms with Crippen molar-refractivity contribution in [3.05, 3.63) is 63.1 Å². The van der Waals surface area contributed by atoms with E-state index in [1.165, 1.54) is 6.07 Å². The third-order valence-corrected chi connectivity index (χ3v) is 3.54. The van der Waals surface area contributed by atoms with Crippen LogP contribution >= 0.6 is 34.8 Å². The topological polar surface area (TPSA) is 58.2 Å². The van der Waals surface area contributed by atoms with Gasteiger partial charge in [0.2, 0.25) is 5.91 Å². The van der Waals surface area contributed by atoms with E-state index in [0.717, 1.165) is 0 Å². The molecule has 114 valence electrons. The lowest BCUT2D eigenvalue weighted by atomic mass is 10.2. The zero-order chi connectivity index (χ0) is 16.1. The molecule has 7 heteroatoms. The molecule has 4 nitrogen and oxygen atoms in total. The van der Waals surface area contributed by atoms with E-state index in [4.69, 9.17) is 34.8 Å². The molecule has 0 saturated heterocycles. The summed E-state index contributed by atoms with van der Waals surface area (Å²) < 4.78 is 0. The van der Waals surface area contributed by atoms with Gasteiger partial charge in [-0.05, 0) is 42.5 Å². The summed E-state index contributed by atoms with van der Waals surface area (Å²) >= 11 is 17.5. The number of benzene rings is 2. The molecule has 0 spiro atoms. The first-order valence-electron chi connectivity index (χ1n) is 6.24. The van der Waals surface area contributed by atoms with E-state index in [2.05, 4.69) is 10.6 Å². The number of hydrogen-bond acceptors (Lipinski definition) is 2. The third-order valence-electron chi connectivity index (χ3n) is 2.72. The van der Waals surface area contributed by atoms with Gasteiger partial charge in [-0.1, -0.05) is 34.8 Å². The van der Waals surface area contributed by atoms with Gasteiger partial charge in [0, 0.05) is 15.6 Å².